The van der Waals surface area contributed by atoms with Gasteiger partial charge in [-0.25, -0.2) is 18.1 Å². The van der Waals surface area contributed by atoms with Crippen molar-refractivity contribution >= 4 is 27.0 Å². The molecule has 108 valence electrons. The van der Waals surface area contributed by atoms with Crippen LogP contribution in [0.25, 0.3) is 0 Å². The van der Waals surface area contributed by atoms with Gasteiger partial charge in [-0.1, -0.05) is 6.92 Å². The predicted molar refractivity (Wildman–Crippen MR) is 81.5 cm³/mol. The summed E-state index contributed by atoms with van der Waals surface area (Å²) in [6.07, 6.45) is 1.84. The van der Waals surface area contributed by atoms with Crippen LogP contribution in [0.3, 0.4) is 0 Å². The Morgan fingerprint density at radius 1 is 1.25 bits per heavy atom. The van der Waals surface area contributed by atoms with E-state index in [0.29, 0.717) is 13.1 Å². The van der Waals surface area contributed by atoms with E-state index in [9.17, 15) is 8.42 Å². The van der Waals surface area contributed by atoms with Crippen LogP contribution >= 0.6 is 11.3 Å². The van der Waals surface area contributed by atoms with Crippen molar-refractivity contribution in [1.82, 2.24) is 9.71 Å². The highest BCUT2D eigenvalue weighted by molar-refractivity contribution is 7.89. The first-order chi connectivity index (χ1) is 9.51. The number of aryl methyl sites for hydroxylation is 1. The van der Waals surface area contributed by atoms with Crippen molar-refractivity contribution < 1.29 is 8.42 Å². The van der Waals surface area contributed by atoms with Gasteiger partial charge in [-0.15, -0.1) is 11.3 Å². The van der Waals surface area contributed by atoms with Crippen LogP contribution in [0.5, 0.6) is 0 Å². The smallest absolute Gasteiger partial charge is 0.240 e. The SMILES string of the molecule is CCNS(=O)(=O)c1ccc(NCc2cnc(C)s2)cc1. The van der Waals surface area contributed by atoms with E-state index in [4.69, 9.17) is 0 Å². The predicted octanol–water partition coefficient (Wildman–Crippen LogP) is 2.36. The molecular formula is C13H17N3O2S2. The van der Waals surface area contributed by atoms with Gasteiger partial charge in [0, 0.05) is 23.3 Å². The highest BCUT2D eigenvalue weighted by Gasteiger charge is 2.11. The molecular weight excluding hydrogens is 294 g/mol. The lowest BCUT2D eigenvalue weighted by atomic mass is 10.3. The lowest BCUT2D eigenvalue weighted by Gasteiger charge is -2.07. The molecule has 7 heteroatoms. The number of thiazole rings is 1. The van der Waals surface area contributed by atoms with Crippen LogP contribution in [0, 0.1) is 6.92 Å². The number of hydrogen-bond donors (Lipinski definition) is 2. The van der Waals surface area contributed by atoms with Gasteiger partial charge in [0.2, 0.25) is 10.0 Å². The van der Waals surface area contributed by atoms with Crippen LogP contribution in [-0.2, 0) is 16.6 Å². The normalized spacial score (nSPS) is 11.5. The second-order valence-corrected chi connectivity index (χ2v) is 7.31. The van der Waals surface area contributed by atoms with Crippen molar-refractivity contribution in [3.63, 3.8) is 0 Å². The first-order valence-corrected chi connectivity index (χ1v) is 8.56. The average molecular weight is 311 g/mol. The molecule has 2 aromatic rings. The zero-order chi connectivity index (χ0) is 14.6. The number of rotatable bonds is 6. The summed E-state index contributed by atoms with van der Waals surface area (Å²) in [5.41, 5.74) is 0.881. The number of aromatic nitrogens is 1. The number of nitrogens with one attached hydrogen (secondary N) is 2. The van der Waals surface area contributed by atoms with Crippen molar-refractivity contribution in [2.45, 2.75) is 25.3 Å². The third kappa shape index (κ3) is 3.78. The summed E-state index contributed by atoms with van der Waals surface area (Å²) in [6.45, 7) is 4.79. The maximum Gasteiger partial charge on any atom is 0.240 e. The summed E-state index contributed by atoms with van der Waals surface area (Å²) in [4.78, 5) is 5.61. The summed E-state index contributed by atoms with van der Waals surface area (Å²) in [7, 11) is -3.38. The summed E-state index contributed by atoms with van der Waals surface area (Å²) in [5, 5.41) is 4.28. The van der Waals surface area contributed by atoms with E-state index in [1.165, 1.54) is 0 Å². The molecule has 1 aromatic heterocycles. The molecule has 0 amide bonds. The van der Waals surface area contributed by atoms with Gasteiger partial charge in [0.1, 0.15) is 0 Å². The fourth-order valence-corrected chi connectivity index (χ4v) is 3.48. The van der Waals surface area contributed by atoms with Gasteiger partial charge >= 0.3 is 0 Å². The zero-order valence-electron chi connectivity index (χ0n) is 11.4. The van der Waals surface area contributed by atoms with Crippen molar-refractivity contribution in [3.8, 4) is 0 Å². The number of sulfonamides is 1. The molecule has 0 unspecified atom stereocenters. The summed E-state index contributed by atoms with van der Waals surface area (Å²) in [6, 6.07) is 6.72. The van der Waals surface area contributed by atoms with Gasteiger partial charge in [-0.05, 0) is 31.2 Å². The van der Waals surface area contributed by atoms with E-state index in [2.05, 4.69) is 15.0 Å². The van der Waals surface area contributed by atoms with Crippen LogP contribution in [0.1, 0.15) is 16.8 Å². The van der Waals surface area contributed by atoms with Crippen LogP contribution in [0.15, 0.2) is 35.4 Å². The minimum absolute atomic E-state index is 0.276. The van der Waals surface area contributed by atoms with Crippen LogP contribution in [0.4, 0.5) is 5.69 Å². The maximum absolute atomic E-state index is 11.8. The van der Waals surface area contributed by atoms with Gasteiger partial charge in [0.05, 0.1) is 16.4 Å². The third-order valence-corrected chi connectivity index (χ3v) is 5.11. The molecule has 0 aliphatic heterocycles. The van der Waals surface area contributed by atoms with Gasteiger partial charge in [0.25, 0.3) is 0 Å². The number of nitrogens with zero attached hydrogens (tertiary/aromatic N) is 1. The Bertz CT molecular complexity index is 663. The van der Waals surface area contributed by atoms with Crippen LogP contribution in [-0.4, -0.2) is 19.9 Å². The average Bonchev–Trinajstić information content (AvgIpc) is 2.83. The van der Waals surface area contributed by atoms with Crippen molar-refractivity contribution in [2.24, 2.45) is 0 Å². The van der Waals surface area contributed by atoms with Gasteiger partial charge in [-0.2, -0.15) is 0 Å². The Hall–Kier alpha value is -1.44. The largest absolute Gasteiger partial charge is 0.380 e. The molecule has 0 spiro atoms. The van der Waals surface area contributed by atoms with Crippen molar-refractivity contribution in [3.05, 3.63) is 40.3 Å². The summed E-state index contributed by atoms with van der Waals surface area (Å²) >= 11 is 1.64. The molecule has 2 N–H and O–H groups in total. The van der Waals surface area contributed by atoms with E-state index in [1.807, 2.05) is 13.1 Å². The van der Waals surface area contributed by atoms with Crippen molar-refractivity contribution in [2.75, 3.05) is 11.9 Å². The molecule has 0 radical (unpaired) electrons. The number of anilines is 1. The highest BCUT2D eigenvalue weighted by atomic mass is 32.2. The zero-order valence-corrected chi connectivity index (χ0v) is 13.0. The molecule has 0 fully saturated rings. The molecule has 0 bridgehead atoms. The Morgan fingerprint density at radius 3 is 2.50 bits per heavy atom. The second kappa shape index (κ2) is 6.34. The van der Waals surface area contributed by atoms with E-state index < -0.39 is 10.0 Å². The maximum atomic E-state index is 11.8. The topological polar surface area (TPSA) is 71.1 Å². The third-order valence-electron chi connectivity index (χ3n) is 2.63. The molecule has 0 saturated carbocycles. The molecule has 1 aromatic carbocycles. The first kappa shape index (κ1) is 15.0. The van der Waals surface area contributed by atoms with Crippen LogP contribution in [0.2, 0.25) is 0 Å². The Labute approximate surface area is 123 Å². The van der Waals surface area contributed by atoms with Gasteiger partial charge in [0.15, 0.2) is 0 Å². The second-order valence-electron chi connectivity index (χ2n) is 4.22. The van der Waals surface area contributed by atoms with E-state index in [0.717, 1.165) is 15.6 Å². The lowest BCUT2D eigenvalue weighted by molar-refractivity contribution is 0.584. The van der Waals surface area contributed by atoms with E-state index >= 15 is 0 Å². The summed E-state index contributed by atoms with van der Waals surface area (Å²) in [5.74, 6) is 0. The molecule has 0 aliphatic carbocycles. The van der Waals surface area contributed by atoms with Crippen LogP contribution < -0.4 is 10.0 Å². The molecule has 0 aliphatic rings. The molecule has 2 rings (SSSR count). The first-order valence-electron chi connectivity index (χ1n) is 6.26. The molecule has 0 saturated heterocycles. The fraction of sp³-hybridized carbons (Fsp3) is 0.308. The molecule has 20 heavy (non-hydrogen) atoms. The molecule has 5 nitrogen and oxygen atoms in total. The van der Waals surface area contributed by atoms with Gasteiger partial charge in [-0.3, -0.25) is 0 Å². The number of benzene rings is 1. The monoisotopic (exact) mass is 311 g/mol. The highest BCUT2D eigenvalue weighted by Crippen LogP contribution is 2.17. The Balaban J connectivity index is 2.01. The van der Waals surface area contributed by atoms with Crippen molar-refractivity contribution in [1.29, 1.82) is 0 Å². The Kier molecular flexibility index (Phi) is 4.74. The molecule has 0 atom stereocenters. The fourth-order valence-electron chi connectivity index (χ4n) is 1.70. The standard InChI is InChI=1S/C13H17N3O2S2/c1-3-16-20(17,18)13-6-4-11(5-7-13)15-9-12-8-14-10(2)19-12/h4-8,15-16H,3,9H2,1-2H3. The Morgan fingerprint density at radius 2 is 1.95 bits per heavy atom. The van der Waals surface area contributed by atoms with E-state index in [1.54, 1.807) is 42.5 Å². The minimum Gasteiger partial charge on any atom is -0.380 e. The summed E-state index contributed by atoms with van der Waals surface area (Å²) < 4.78 is 26.0. The minimum atomic E-state index is -3.38. The van der Waals surface area contributed by atoms with Gasteiger partial charge < -0.3 is 5.32 Å². The molecule has 1 heterocycles. The number of hydrogen-bond acceptors (Lipinski definition) is 5. The lowest BCUT2D eigenvalue weighted by Crippen LogP contribution is -2.23. The quantitative estimate of drug-likeness (QED) is 0.859. The van der Waals surface area contributed by atoms with E-state index in [-0.39, 0.29) is 4.90 Å².